The number of nitrogens with one attached hydrogen (secondary N) is 4. The molecule has 2 atom stereocenters. The second-order valence-corrected chi connectivity index (χ2v) is 15.7. The highest BCUT2D eigenvalue weighted by molar-refractivity contribution is 6.39. The molecule has 0 aromatic heterocycles. The first kappa shape index (κ1) is 47.6. The lowest BCUT2D eigenvalue weighted by molar-refractivity contribution is -0.127. The maximum absolute atomic E-state index is 13.3. The Labute approximate surface area is 388 Å². The summed E-state index contributed by atoms with van der Waals surface area (Å²) >= 11 is 42.9. The standard InChI is InChI=1S/C41H29Cl7N8O6/c1-19(57)36(55-53-25-5-8-29(45)27(16-25)38(59)51-34-10-3-22(43)14-31(34)47)40(61)49-24-7-12-33(21(13-24)18-42)50-41(62)37(20(2)58)56-54-26-6-9-30(46)28(17-26)39(60)52-35-11-4-23(44)15-32(35)48/h3-17,36-37H,18H2,1-2H3,(H,49,61)(H,50,62)(H,51,59)(H,52,60). The predicted octanol–water partition coefficient (Wildman–Crippen LogP) is 12.2. The molecule has 318 valence electrons. The maximum Gasteiger partial charge on any atom is 0.258 e. The molecule has 0 saturated heterocycles. The predicted molar refractivity (Wildman–Crippen MR) is 243 cm³/mol. The SMILES string of the molecule is CC(=O)C(N=Nc1ccc(Cl)c(C(=O)Nc2ccc(Cl)cc2Cl)c1)C(=O)Nc1ccc(NC(=O)C(N=Nc2ccc(Cl)c(C(=O)Nc3ccc(Cl)cc3Cl)c2)C(C)=O)c(CCl)c1. The first-order valence-corrected chi connectivity index (χ1v) is 20.5. The zero-order valence-corrected chi connectivity index (χ0v) is 37.2. The lowest BCUT2D eigenvalue weighted by Gasteiger charge is -2.15. The summed E-state index contributed by atoms with van der Waals surface area (Å²) in [6.45, 7) is 2.29. The van der Waals surface area contributed by atoms with Crippen LogP contribution in [0.3, 0.4) is 0 Å². The van der Waals surface area contributed by atoms with E-state index in [-0.39, 0.29) is 71.2 Å². The fourth-order valence-electron chi connectivity index (χ4n) is 5.26. The van der Waals surface area contributed by atoms with Crippen molar-refractivity contribution in [3.8, 4) is 0 Å². The Hall–Kier alpha value is -5.45. The molecule has 21 heteroatoms. The number of hydrogen-bond donors (Lipinski definition) is 4. The Bertz CT molecular complexity index is 2680. The van der Waals surface area contributed by atoms with Gasteiger partial charge in [0.15, 0.2) is 11.6 Å². The number of carbonyl (C=O) groups excluding carboxylic acids is 6. The molecule has 0 aliphatic heterocycles. The van der Waals surface area contributed by atoms with E-state index in [1.807, 2.05) is 0 Å². The Morgan fingerprint density at radius 3 is 1.35 bits per heavy atom. The molecule has 0 radical (unpaired) electrons. The first-order chi connectivity index (χ1) is 29.4. The van der Waals surface area contributed by atoms with Crippen molar-refractivity contribution >= 4 is 151 Å². The summed E-state index contributed by atoms with van der Waals surface area (Å²) in [6, 6.07) is 18.3. The van der Waals surface area contributed by atoms with Crippen LogP contribution in [-0.4, -0.2) is 47.3 Å². The Kier molecular flexibility index (Phi) is 16.6. The van der Waals surface area contributed by atoms with Crippen molar-refractivity contribution in [2.75, 3.05) is 21.3 Å². The van der Waals surface area contributed by atoms with E-state index < -0.39 is 47.3 Å². The van der Waals surface area contributed by atoms with Crippen LogP contribution in [-0.2, 0) is 25.1 Å². The summed E-state index contributed by atoms with van der Waals surface area (Å²) < 4.78 is 0. The topological polar surface area (TPSA) is 200 Å². The number of carbonyl (C=O) groups is 6. The van der Waals surface area contributed by atoms with Gasteiger partial charge in [-0.3, -0.25) is 28.8 Å². The van der Waals surface area contributed by atoms with E-state index in [4.69, 9.17) is 81.2 Å². The number of rotatable bonds is 15. The molecular weight excluding hydrogens is 949 g/mol. The third kappa shape index (κ3) is 12.6. The average Bonchev–Trinajstić information content (AvgIpc) is 3.21. The lowest BCUT2D eigenvalue weighted by Crippen LogP contribution is -2.32. The van der Waals surface area contributed by atoms with Gasteiger partial charge in [0.2, 0.25) is 12.1 Å². The zero-order valence-electron chi connectivity index (χ0n) is 31.9. The minimum Gasteiger partial charge on any atom is -0.324 e. The largest absolute Gasteiger partial charge is 0.324 e. The van der Waals surface area contributed by atoms with Crippen molar-refractivity contribution in [3.05, 3.63) is 138 Å². The minimum absolute atomic E-state index is 0.00802. The number of benzene rings is 5. The molecule has 4 N–H and O–H groups in total. The fraction of sp³-hybridized carbons (Fsp3) is 0.122. The molecule has 0 heterocycles. The number of hydrogen-bond acceptors (Lipinski definition) is 10. The summed E-state index contributed by atoms with van der Waals surface area (Å²) in [7, 11) is 0. The number of nitrogens with zero attached hydrogens (tertiary/aromatic N) is 4. The number of azo groups is 2. The van der Waals surface area contributed by atoms with Crippen LogP contribution < -0.4 is 21.3 Å². The summed E-state index contributed by atoms with van der Waals surface area (Å²) in [5.74, 6) is -4.41. The normalized spacial score (nSPS) is 12.1. The van der Waals surface area contributed by atoms with Gasteiger partial charge in [-0.2, -0.15) is 20.5 Å². The second-order valence-electron chi connectivity index (χ2n) is 12.9. The van der Waals surface area contributed by atoms with E-state index >= 15 is 0 Å². The second kappa shape index (κ2) is 21.6. The zero-order chi connectivity index (χ0) is 45.2. The van der Waals surface area contributed by atoms with E-state index in [1.54, 1.807) is 12.1 Å². The molecular formula is C41H29Cl7N8O6. The highest BCUT2D eigenvalue weighted by atomic mass is 35.5. The molecule has 0 saturated carbocycles. The van der Waals surface area contributed by atoms with Gasteiger partial charge in [0, 0.05) is 27.3 Å². The molecule has 62 heavy (non-hydrogen) atoms. The van der Waals surface area contributed by atoms with Crippen molar-refractivity contribution < 1.29 is 28.8 Å². The van der Waals surface area contributed by atoms with Crippen molar-refractivity contribution in [2.24, 2.45) is 20.5 Å². The van der Waals surface area contributed by atoms with Gasteiger partial charge >= 0.3 is 0 Å². The van der Waals surface area contributed by atoms with Gasteiger partial charge in [-0.15, -0.1) is 11.6 Å². The minimum atomic E-state index is -1.62. The quantitative estimate of drug-likeness (QED) is 0.0457. The summed E-state index contributed by atoms with van der Waals surface area (Å²) in [5, 5.41) is 27.6. The third-order valence-corrected chi connectivity index (χ3v) is 10.4. The third-order valence-electron chi connectivity index (χ3n) is 8.37. The first-order valence-electron chi connectivity index (χ1n) is 17.7. The van der Waals surface area contributed by atoms with Crippen molar-refractivity contribution in [3.63, 3.8) is 0 Å². The number of alkyl halides is 1. The van der Waals surface area contributed by atoms with Gasteiger partial charge in [-0.25, -0.2) is 0 Å². The number of Topliss-reactive ketones (excluding diaryl/α,β-unsaturated/α-hetero) is 2. The molecule has 0 spiro atoms. The van der Waals surface area contributed by atoms with Gasteiger partial charge in [0.05, 0.1) is 54.0 Å². The van der Waals surface area contributed by atoms with Crippen LogP contribution in [0.2, 0.25) is 30.1 Å². The molecule has 0 aliphatic carbocycles. The van der Waals surface area contributed by atoms with Crippen LogP contribution in [0.5, 0.6) is 0 Å². The lowest BCUT2D eigenvalue weighted by atomic mass is 10.1. The van der Waals surface area contributed by atoms with Crippen LogP contribution in [0.15, 0.2) is 111 Å². The van der Waals surface area contributed by atoms with E-state index in [0.717, 1.165) is 13.8 Å². The smallest absolute Gasteiger partial charge is 0.258 e. The fourth-order valence-corrected chi connectivity index (χ4v) is 6.80. The van der Waals surface area contributed by atoms with E-state index in [1.165, 1.54) is 78.9 Å². The Morgan fingerprint density at radius 1 is 0.500 bits per heavy atom. The highest BCUT2D eigenvalue weighted by Gasteiger charge is 2.26. The van der Waals surface area contributed by atoms with Crippen LogP contribution in [0.4, 0.5) is 34.1 Å². The van der Waals surface area contributed by atoms with Crippen LogP contribution in [0.25, 0.3) is 0 Å². The molecule has 0 aliphatic rings. The number of ketones is 2. The average molecular weight is 978 g/mol. The van der Waals surface area contributed by atoms with Crippen LogP contribution in [0.1, 0.15) is 40.1 Å². The van der Waals surface area contributed by atoms with E-state index in [2.05, 4.69) is 41.7 Å². The molecule has 2 unspecified atom stereocenters. The summed E-state index contributed by atoms with van der Waals surface area (Å²) in [4.78, 5) is 77.7. The van der Waals surface area contributed by atoms with Crippen molar-refractivity contribution in [1.29, 1.82) is 0 Å². The Morgan fingerprint density at radius 2 is 0.935 bits per heavy atom. The van der Waals surface area contributed by atoms with Gasteiger partial charge in [-0.05, 0) is 110 Å². The molecule has 5 rings (SSSR count). The van der Waals surface area contributed by atoms with Gasteiger partial charge in [0.1, 0.15) is 0 Å². The van der Waals surface area contributed by atoms with Crippen LogP contribution >= 0.6 is 81.2 Å². The molecule has 4 amide bonds. The maximum atomic E-state index is 13.3. The van der Waals surface area contributed by atoms with Gasteiger partial charge in [0.25, 0.3) is 23.6 Å². The van der Waals surface area contributed by atoms with E-state index in [0.29, 0.717) is 15.6 Å². The summed E-state index contributed by atoms with van der Waals surface area (Å²) in [6.07, 6.45) is 0. The molecule has 5 aromatic rings. The molecule has 0 bridgehead atoms. The molecule has 5 aromatic carbocycles. The van der Waals surface area contributed by atoms with Crippen molar-refractivity contribution in [2.45, 2.75) is 31.8 Å². The monoisotopic (exact) mass is 974 g/mol. The summed E-state index contributed by atoms with van der Waals surface area (Å²) in [5.41, 5.74) is 1.47. The molecule has 0 fully saturated rings. The highest BCUT2D eigenvalue weighted by Crippen LogP contribution is 2.31. The number of halogens is 7. The van der Waals surface area contributed by atoms with Crippen molar-refractivity contribution in [1.82, 2.24) is 0 Å². The van der Waals surface area contributed by atoms with Gasteiger partial charge < -0.3 is 21.3 Å². The number of amides is 4. The molecule has 14 nitrogen and oxygen atoms in total. The Balaban J connectivity index is 1.25. The van der Waals surface area contributed by atoms with Crippen LogP contribution in [0, 0.1) is 0 Å². The van der Waals surface area contributed by atoms with Gasteiger partial charge in [-0.1, -0.05) is 69.6 Å². The number of anilines is 4. The van der Waals surface area contributed by atoms with E-state index in [9.17, 15) is 28.8 Å².